The van der Waals surface area contributed by atoms with Crippen LogP contribution in [0.5, 0.6) is 0 Å². The zero-order valence-electron chi connectivity index (χ0n) is 15.1. The summed E-state index contributed by atoms with van der Waals surface area (Å²) >= 11 is 2.97. The number of amidine groups is 1. The summed E-state index contributed by atoms with van der Waals surface area (Å²) in [4.78, 5) is 29.4. The van der Waals surface area contributed by atoms with Gasteiger partial charge in [-0.05, 0) is 13.3 Å². The van der Waals surface area contributed by atoms with E-state index >= 15 is 0 Å². The van der Waals surface area contributed by atoms with Gasteiger partial charge in [0.05, 0.1) is 30.8 Å². The second kappa shape index (κ2) is 7.72. The van der Waals surface area contributed by atoms with E-state index in [1.807, 2.05) is 0 Å². The molecule has 2 aliphatic rings. The van der Waals surface area contributed by atoms with E-state index < -0.39 is 18.1 Å². The number of alkyl halides is 1. The third-order valence-corrected chi connectivity index (χ3v) is 6.78. The number of hydrogen-bond acceptors (Lipinski definition) is 9. The van der Waals surface area contributed by atoms with Gasteiger partial charge < -0.3 is 15.8 Å². The van der Waals surface area contributed by atoms with Crippen molar-refractivity contribution in [1.29, 1.82) is 0 Å². The molecule has 148 valence electrons. The summed E-state index contributed by atoms with van der Waals surface area (Å²) in [5.74, 6) is 1.07. The van der Waals surface area contributed by atoms with Gasteiger partial charge in [0, 0.05) is 17.1 Å². The minimum atomic E-state index is -0.726. The van der Waals surface area contributed by atoms with Crippen molar-refractivity contribution in [1.82, 2.24) is 15.0 Å². The lowest BCUT2D eigenvalue weighted by molar-refractivity contribution is -0.0466. The van der Waals surface area contributed by atoms with E-state index in [9.17, 15) is 9.18 Å². The normalized spacial score (nSPS) is 27.0. The van der Waals surface area contributed by atoms with Crippen LogP contribution in [-0.4, -0.2) is 44.5 Å². The van der Waals surface area contributed by atoms with E-state index in [-0.39, 0.29) is 23.4 Å². The summed E-state index contributed by atoms with van der Waals surface area (Å²) in [5.41, 5.74) is 5.66. The first-order chi connectivity index (χ1) is 13.5. The highest BCUT2D eigenvalue weighted by Crippen LogP contribution is 2.46. The number of ether oxygens (including phenoxy) is 1. The van der Waals surface area contributed by atoms with Crippen LogP contribution in [0.15, 0.2) is 22.8 Å². The van der Waals surface area contributed by atoms with Crippen LogP contribution in [0, 0.1) is 5.92 Å². The van der Waals surface area contributed by atoms with Gasteiger partial charge in [-0.2, -0.15) is 0 Å². The van der Waals surface area contributed by atoms with Crippen LogP contribution < -0.4 is 11.1 Å². The van der Waals surface area contributed by atoms with Crippen LogP contribution in [0.25, 0.3) is 0 Å². The van der Waals surface area contributed by atoms with Crippen LogP contribution in [0.2, 0.25) is 0 Å². The number of hydrogen-bond donors (Lipinski definition) is 2. The first-order valence-electron chi connectivity index (χ1n) is 8.74. The van der Waals surface area contributed by atoms with E-state index in [2.05, 4.69) is 27.2 Å². The minimum Gasteiger partial charge on any atom is -0.379 e. The quantitative estimate of drug-likeness (QED) is 0.777. The molecule has 1 amide bonds. The summed E-state index contributed by atoms with van der Waals surface area (Å²) < 4.78 is 18.4. The Bertz CT molecular complexity index is 905. The van der Waals surface area contributed by atoms with Crippen molar-refractivity contribution in [2.24, 2.45) is 16.6 Å². The van der Waals surface area contributed by atoms with Gasteiger partial charge in [-0.15, -0.1) is 11.3 Å². The molecule has 11 heteroatoms. The number of nitrogens with one attached hydrogen (secondary N) is 1. The lowest BCUT2D eigenvalue weighted by Gasteiger charge is -2.44. The van der Waals surface area contributed by atoms with Gasteiger partial charge in [0.2, 0.25) is 0 Å². The van der Waals surface area contributed by atoms with Crippen LogP contribution in [0.1, 0.15) is 34.5 Å². The molecule has 28 heavy (non-hydrogen) atoms. The van der Waals surface area contributed by atoms with Crippen molar-refractivity contribution in [3.8, 4) is 0 Å². The Morgan fingerprint density at radius 1 is 1.46 bits per heavy atom. The third-order valence-electron chi connectivity index (χ3n) is 4.81. The Morgan fingerprint density at radius 2 is 2.32 bits per heavy atom. The number of aromatic nitrogens is 3. The Hall–Kier alpha value is -2.11. The van der Waals surface area contributed by atoms with Gasteiger partial charge in [-0.1, -0.05) is 11.8 Å². The predicted octanol–water partition coefficient (Wildman–Crippen LogP) is 2.34. The molecule has 0 aromatic carbocycles. The lowest BCUT2D eigenvalue weighted by atomic mass is 9.80. The lowest BCUT2D eigenvalue weighted by Crippen LogP contribution is -2.49. The molecule has 1 saturated heterocycles. The van der Waals surface area contributed by atoms with Gasteiger partial charge in [0.15, 0.2) is 5.17 Å². The fourth-order valence-corrected chi connectivity index (χ4v) is 5.30. The molecule has 0 saturated carbocycles. The maximum atomic E-state index is 12.5. The van der Waals surface area contributed by atoms with Gasteiger partial charge in [-0.25, -0.2) is 19.4 Å². The molecule has 0 bridgehead atoms. The standard InChI is InChI=1S/C17H19FN6O2S2/c1-9-2-10-6-28-16(19)24-17(10,8-26-9)15-23-13(7-27-15)22-14(25)12-5-20-11(3-18)4-21-12/h4-5,7,9-10H,2-3,6,8H2,1H3,(H2,19,24)(H,22,25)/t9-,10-,17-/m0/s1. The number of anilines is 1. The van der Waals surface area contributed by atoms with Crippen molar-refractivity contribution in [2.45, 2.75) is 31.7 Å². The molecule has 8 nitrogen and oxygen atoms in total. The fourth-order valence-electron chi connectivity index (χ4n) is 3.33. The average Bonchev–Trinajstić information content (AvgIpc) is 3.17. The summed E-state index contributed by atoms with van der Waals surface area (Å²) in [6, 6.07) is 0. The fraction of sp³-hybridized carbons (Fsp3) is 0.471. The summed E-state index contributed by atoms with van der Waals surface area (Å²) in [6.07, 6.45) is 3.52. The topological polar surface area (TPSA) is 115 Å². The number of thiazole rings is 1. The first-order valence-corrected chi connectivity index (χ1v) is 10.6. The van der Waals surface area contributed by atoms with E-state index in [4.69, 9.17) is 15.5 Å². The molecule has 2 aliphatic heterocycles. The number of amides is 1. The number of carbonyl (C=O) groups is 1. The second-order valence-electron chi connectivity index (χ2n) is 6.76. The van der Waals surface area contributed by atoms with E-state index in [0.717, 1.165) is 17.2 Å². The summed E-state index contributed by atoms with van der Waals surface area (Å²) in [6.45, 7) is 1.74. The molecular formula is C17H19FN6O2S2. The zero-order chi connectivity index (χ0) is 19.7. The number of rotatable bonds is 4. The van der Waals surface area contributed by atoms with Crippen LogP contribution in [-0.2, 0) is 17.0 Å². The summed E-state index contributed by atoms with van der Waals surface area (Å²) in [7, 11) is 0. The van der Waals surface area contributed by atoms with Gasteiger partial charge in [0.25, 0.3) is 5.91 Å². The maximum absolute atomic E-state index is 12.5. The molecule has 2 aromatic rings. The van der Waals surface area contributed by atoms with Crippen molar-refractivity contribution in [3.05, 3.63) is 34.2 Å². The largest absolute Gasteiger partial charge is 0.379 e. The van der Waals surface area contributed by atoms with Crippen LogP contribution in [0.3, 0.4) is 0 Å². The first kappa shape index (κ1) is 19.2. The highest BCUT2D eigenvalue weighted by atomic mass is 32.2. The van der Waals surface area contributed by atoms with Crippen molar-refractivity contribution < 1.29 is 13.9 Å². The number of nitrogens with two attached hydrogens (primary N) is 1. The molecule has 4 heterocycles. The Balaban J connectivity index is 1.56. The van der Waals surface area contributed by atoms with Crippen molar-refractivity contribution in [3.63, 3.8) is 0 Å². The van der Waals surface area contributed by atoms with E-state index in [1.54, 1.807) is 17.1 Å². The maximum Gasteiger partial charge on any atom is 0.277 e. The highest BCUT2D eigenvalue weighted by Gasteiger charge is 2.49. The molecule has 0 unspecified atom stereocenters. The molecule has 0 aliphatic carbocycles. The van der Waals surface area contributed by atoms with Gasteiger partial charge in [-0.3, -0.25) is 9.78 Å². The van der Waals surface area contributed by atoms with Crippen molar-refractivity contribution in [2.75, 3.05) is 17.7 Å². The number of thioether (sulfide) groups is 1. The second-order valence-corrected chi connectivity index (χ2v) is 8.66. The Labute approximate surface area is 169 Å². The van der Waals surface area contributed by atoms with Gasteiger partial charge in [0.1, 0.15) is 28.7 Å². The molecule has 3 atom stereocenters. The molecule has 0 spiro atoms. The van der Waals surface area contributed by atoms with E-state index in [0.29, 0.717) is 17.6 Å². The SMILES string of the molecule is C[C@H]1C[C@H]2CSC(N)=N[C@@]2(c2nc(NC(=O)c3cnc(CF)cn3)cs2)CO1. The number of halogens is 1. The molecule has 3 N–H and O–H groups in total. The third kappa shape index (κ3) is 3.61. The molecule has 4 rings (SSSR count). The van der Waals surface area contributed by atoms with E-state index in [1.165, 1.54) is 23.7 Å². The molecular weight excluding hydrogens is 403 g/mol. The highest BCUT2D eigenvalue weighted by molar-refractivity contribution is 8.13. The zero-order valence-corrected chi connectivity index (χ0v) is 16.7. The Kier molecular flexibility index (Phi) is 5.30. The van der Waals surface area contributed by atoms with Crippen molar-refractivity contribution >= 4 is 40.0 Å². The molecule has 0 radical (unpaired) electrons. The number of aliphatic imine (C=N–C) groups is 1. The number of fused-ring (bicyclic) bond motifs is 1. The van der Waals surface area contributed by atoms with Crippen LogP contribution >= 0.6 is 23.1 Å². The van der Waals surface area contributed by atoms with Crippen LogP contribution in [0.4, 0.5) is 10.2 Å². The van der Waals surface area contributed by atoms with Gasteiger partial charge >= 0.3 is 0 Å². The smallest absolute Gasteiger partial charge is 0.277 e. The monoisotopic (exact) mass is 422 g/mol. The Morgan fingerprint density at radius 3 is 3.07 bits per heavy atom. The molecule has 2 aromatic heterocycles. The molecule has 1 fully saturated rings. The summed E-state index contributed by atoms with van der Waals surface area (Å²) in [5, 5.41) is 5.76. The minimum absolute atomic E-state index is 0.0916. The predicted molar refractivity (Wildman–Crippen MR) is 106 cm³/mol. The average molecular weight is 423 g/mol. The number of carbonyl (C=O) groups excluding carboxylic acids is 1. The number of nitrogens with zero attached hydrogens (tertiary/aromatic N) is 4.